The maximum Gasteiger partial charge on any atom is 0.345 e. The Morgan fingerprint density at radius 2 is 1.90 bits per heavy atom. The molecule has 148 valence electrons. The first kappa shape index (κ1) is 19.4. The summed E-state index contributed by atoms with van der Waals surface area (Å²) in [6.45, 7) is 4.08. The number of hydrogen-bond acceptors (Lipinski definition) is 5. The SMILES string of the molecule is Cc1ccc2oc(=O)c3cc(C(=O)NCCN(C)Cc4ccccc4)sc3c2c1. The number of likely N-dealkylation sites (N-methyl/N-ethyl adjacent to an activating group) is 1. The smallest absolute Gasteiger partial charge is 0.345 e. The molecule has 0 unspecified atom stereocenters. The lowest BCUT2D eigenvalue weighted by molar-refractivity contribution is 0.0953. The van der Waals surface area contributed by atoms with Gasteiger partial charge in [-0.1, -0.05) is 42.0 Å². The third-order valence-electron chi connectivity index (χ3n) is 4.83. The lowest BCUT2D eigenvalue weighted by Gasteiger charge is -2.16. The van der Waals surface area contributed by atoms with Crippen LogP contribution < -0.4 is 10.9 Å². The third-order valence-corrected chi connectivity index (χ3v) is 6.00. The molecule has 2 aromatic heterocycles. The summed E-state index contributed by atoms with van der Waals surface area (Å²) in [7, 11) is 2.03. The van der Waals surface area contributed by atoms with Gasteiger partial charge in [0.25, 0.3) is 5.91 Å². The van der Waals surface area contributed by atoms with Gasteiger partial charge in [0.2, 0.25) is 0 Å². The largest absolute Gasteiger partial charge is 0.422 e. The van der Waals surface area contributed by atoms with Crippen molar-refractivity contribution < 1.29 is 9.21 Å². The van der Waals surface area contributed by atoms with Gasteiger partial charge in [0.1, 0.15) is 5.58 Å². The van der Waals surface area contributed by atoms with E-state index in [1.807, 2.05) is 44.3 Å². The number of thiophene rings is 1. The van der Waals surface area contributed by atoms with Crippen LogP contribution in [0.15, 0.2) is 63.8 Å². The van der Waals surface area contributed by atoms with Gasteiger partial charge in [-0.2, -0.15) is 0 Å². The summed E-state index contributed by atoms with van der Waals surface area (Å²) in [5.74, 6) is -0.167. The second-order valence-electron chi connectivity index (χ2n) is 7.22. The number of amides is 1. The number of nitrogens with zero attached hydrogens (tertiary/aromatic N) is 1. The minimum Gasteiger partial charge on any atom is -0.422 e. The molecule has 2 heterocycles. The summed E-state index contributed by atoms with van der Waals surface area (Å²) >= 11 is 1.33. The van der Waals surface area contributed by atoms with Gasteiger partial charge in [-0.15, -0.1) is 11.3 Å². The highest BCUT2D eigenvalue weighted by atomic mass is 32.1. The lowest BCUT2D eigenvalue weighted by atomic mass is 10.1. The summed E-state index contributed by atoms with van der Waals surface area (Å²) in [6, 6.07) is 17.5. The van der Waals surface area contributed by atoms with Gasteiger partial charge in [0.15, 0.2) is 0 Å². The van der Waals surface area contributed by atoms with Crippen LogP contribution in [0.2, 0.25) is 0 Å². The van der Waals surface area contributed by atoms with Gasteiger partial charge in [-0.05, 0) is 37.7 Å². The van der Waals surface area contributed by atoms with Gasteiger partial charge < -0.3 is 14.6 Å². The van der Waals surface area contributed by atoms with Crippen LogP contribution in [0.1, 0.15) is 20.8 Å². The number of aryl methyl sites for hydroxylation is 1. The molecule has 0 aliphatic rings. The van der Waals surface area contributed by atoms with E-state index in [9.17, 15) is 9.59 Å². The molecule has 0 radical (unpaired) electrons. The zero-order chi connectivity index (χ0) is 20.4. The molecule has 0 spiro atoms. The van der Waals surface area contributed by atoms with Crippen molar-refractivity contribution in [1.29, 1.82) is 0 Å². The monoisotopic (exact) mass is 406 g/mol. The van der Waals surface area contributed by atoms with Crippen LogP contribution in [0.5, 0.6) is 0 Å². The Morgan fingerprint density at radius 1 is 1.10 bits per heavy atom. The van der Waals surface area contributed by atoms with Gasteiger partial charge in [-0.25, -0.2) is 4.79 Å². The standard InChI is InChI=1S/C23H22N2O3S/c1-15-8-9-19-17(12-15)21-18(23(27)28-19)13-20(29-21)22(26)24-10-11-25(2)14-16-6-4-3-5-7-16/h3-9,12-13H,10-11,14H2,1-2H3,(H,24,26). The molecule has 1 N–H and O–H groups in total. The molecular formula is C23H22N2O3S. The number of carbonyl (C=O) groups excluding carboxylic acids is 1. The average Bonchev–Trinajstić information content (AvgIpc) is 3.16. The third kappa shape index (κ3) is 4.23. The molecule has 4 aromatic rings. The zero-order valence-corrected chi connectivity index (χ0v) is 17.2. The first-order valence-electron chi connectivity index (χ1n) is 9.49. The first-order chi connectivity index (χ1) is 14.0. The summed E-state index contributed by atoms with van der Waals surface area (Å²) in [5, 5.41) is 4.28. The van der Waals surface area contributed by atoms with Gasteiger partial charge in [-0.3, -0.25) is 4.79 Å². The first-order valence-corrected chi connectivity index (χ1v) is 10.3. The molecule has 0 fully saturated rings. The quantitative estimate of drug-likeness (QED) is 0.488. The molecule has 4 rings (SSSR count). The summed E-state index contributed by atoms with van der Waals surface area (Å²) < 4.78 is 6.20. The number of carbonyl (C=O) groups is 1. The lowest BCUT2D eigenvalue weighted by Crippen LogP contribution is -2.32. The molecule has 6 heteroatoms. The highest BCUT2D eigenvalue weighted by molar-refractivity contribution is 7.21. The van der Waals surface area contributed by atoms with Crippen molar-refractivity contribution in [3.8, 4) is 0 Å². The number of rotatable bonds is 6. The van der Waals surface area contributed by atoms with E-state index >= 15 is 0 Å². The minimum atomic E-state index is -0.408. The molecule has 0 atom stereocenters. The Kier molecular flexibility index (Phi) is 5.47. The van der Waals surface area contributed by atoms with Crippen LogP contribution in [0.3, 0.4) is 0 Å². The molecule has 0 bridgehead atoms. The van der Waals surface area contributed by atoms with E-state index in [1.165, 1.54) is 16.9 Å². The maximum absolute atomic E-state index is 12.6. The second-order valence-corrected chi connectivity index (χ2v) is 8.27. The highest BCUT2D eigenvalue weighted by Gasteiger charge is 2.16. The van der Waals surface area contributed by atoms with Crippen LogP contribution in [-0.4, -0.2) is 30.9 Å². The van der Waals surface area contributed by atoms with Crippen molar-refractivity contribution >= 4 is 38.3 Å². The Balaban J connectivity index is 1.46. The minimum absolute atomic E-state index is 0.167. The maximum atomic E-state index is 12.6. The van der Waals surface area contributed by atoms with Crippen LogP contribution in [0.4, 0.5) is 0 Å². The van der Waals surface area contributed by atoms with E-state index < -0.39 is 5.63 Å². The van der Waals surface area contributed by atoms with Gasteiger partial charge >= 0.3 is 5.63 Å². The Labute approximate surface area is 172 Å². The van der Waals surface area contributed by atoms with Crippen LogP contribution in [-0.2, 0) is 6.54 Å². The molecule has 0 aliphatic carbocycles. The number of benzene rings is 2. The number of fused-ring (bicyclic) bond motifs is 3. The van der Waals surface area contributed by atoms with Crippen LogP contribution >= 0.6 is 11.3 Å². The summed E-state index contributed by atoms with van der Waals surface area (Å²) in [6.07, 6.45) is 0. The number of hydrogen-bond donors (Lipinski definition) is 1. The molecule has 0 saturated carbocycles. The van der Waals surface area contributed by atoms with E-state index in [2.05, 4.69) is 22.3 Å². The Morgan fingerprint density at radius 3 is 2.69 bits per heavy atom. The Hall–Kier alpha value is -2.96. The topological polar surface area (TPSA) is 62.6 Å². The second kappa shape index (κ2) is 8.19. The normalized spacial score (nSPS) is 11.4. The van der Waals surface area contributed by atoms with E-state index in [4.69, 9.17) is 4.42 Å². The van der Waals surface area contributed by atoms with E-state index in [-0.39, 0.29) is 5.91 Å². The van der Waals surface area contributed by atoms with Crippen molar-refractivity contribution in [3.63, 3.8) is 0 Å². The van der Waals surface area contributed by atoms with Crippen LogP contribution in [0.25, 0.3) is 21.1 Å². The number of nitrogens with one attached hydrogen (secondary N) is 1. The van der Waals surface area contributed by atoms with Gasteiger partial charge in [0.05, 0.1) is 15.0 Å². The molecule has 29 heavy (non-hydrogen) atoms. The van der Waals surface area contributed by atoms with E-state index in [1.54, 1.807) is 12.1 Å². The van der Waals surface area contributed by atoms with Gasteiger partial charge in [0, 0.05) is 25.0 Å². The predicted molar refractivity (Wildman–Crippen MR) is 118 cm³/mol. The molecule has 0 aliphatic heterocycles. The van der Waals surface area contributed by atoms with E-state index in [0.29, 0.717) is 22.4 Å². The van der Waals surface area contributed by atoms with Crippen molar-refractivity contribution in [3.05, 3.63) is 81.0 Å². The highest BCUT2D eigenvalue weighted by Crippen LogP contribution is 2.31. The fourth-order valence-corrected chi connectivity index (χ4v) is 4.42. The van der Waals surface area contributed by atoms with Crippen molar-refractivity contribution in [1.82, 2.24) is 10.2 Å². The predicted octanol–water partition coefficient (Wildman–Crippen LogP) is 4.18. The molecule has 1 amide bonds. The Bertz CT molecular complexity index is 1230. The van der Waals surface area contributed by atoms with Crippen LogP contribution in [0, 0.1) is 6.92 Å². The molecule has 0 saturated heterocycles. The molecule has 5 nitrogen and oxygen atoms in total. The van der Waals surface area contributed by atoms with E-state index in [0.717, 1.165) is 28.7 Å². The fraction of sp³-hybridized carbons (Fsp3) is 0.217. The zero-order valence-electron chi connectivity index (χ0n) is 16.4. The fourth-order valence-electron chi connectivity index (χ4n) is 3.34. The average molecular weight is 407 g/mol. The summed E-state index contributed by atoms with van der Waals surface area (Å²) in [5.41, 5.74) is 2.45. The summed E-state index contributed by atoms with van der Waals surface area (Å²) in [4.78, 5) is 27.6. The molecule has 2 aromatic carbocycles. The molecular weight excluding hydrogens is 384 g/mol. The van der Waals surface area contributed by atoms with Crippen molar-refractivity contribution in [2.75, 3.05) is 20.1 Å². The van der Waals surface area contributed by atoms with Crippen molar-refractivity contribution in [2.24, 2.45) is 0 Å². The van der Waals surface area contributed by atoms with Crippen molar-refractivity contribution in [2.45, 2.75) is 13.5 Å².